The van der Waals surface area contributed by atoms with Crippen molar-refractivity contribution in [1.82, 2.24) is 20.2 Å². The molecule has 2 heterocycles. The molecule has 0 aliphatic heterocycles. The van der Waals surface area contributed by atoms with Crippen molar-refractivity contribution in [2.24, 2.45) is 0 Å². The number of nitrogens with one attached hydrogen (secondary N) is 1. The number of aliphatic carboxylic acids is 1. The van der Waals surface area contributed by atoms with E-state index in [2.05, 4.69) is 20.2 Å². The number of aromatic amines is 1. The van der Waals surface area contributed by atoms with E-state index in [0.717, 1.165) is 5.56 Å². The average Bonchev–Trinajstić information content (AvgIpc) is 2.66. The molecule has 0 bridgehead atoms. The summed E-state index contributed by atoms with van der Waals surface area (Å²) in [7, 11) is 0. The maximum Gasteiger partial charge on any atom is 0.311 e. The molecular weight excluding hydrogens is 208 g/mol. The molecule has 0 radical (unpaired) electrons. The lowest BCUT2D eigenvalue weighted by molar-refractivity contribution is -0.136. The van der Waals surface area contributed by atoms with E-state index in [1.54, 1.807) is 12.4 Å². The van der Waals surface area contributed by atoms with Gasteiger partial charge in [-0.15, -0.1) is 0 Å². The minimum Gasteiger partial charge on any atom is -0.481 e. The van der Waals surface area contributed by atoms with Gasteiger partial charge < -0.3 is 5.11 Å². The number of pyridine rings is 1. The molecule has 2 aromatic rings. The highest BCUT2D eigenvalue weighted by Crippen LogP contribution is 2.03. The molecule has 0 spiro atoms. The third kappa shape index (κ3) is 2.63. The second-order valence-corrected chi connectivity index (χ2v) is 3.31. The van der Waals surface area contributed by atoms with Crippen LogP contribution in [0, 0.1) is 0 Å². The molecule has 0 unspecified atom stereocenters. The molecule has 0 saturated heterocycles. The van der Waals surface area contributed by atoms with E-state index < -0.39 is 5.97 Å². The predicted octanol–water partition coefficient (Wildman–Crippen LogP) is 0.418. The van der Waals surface area contributed by atoms with E-state index in [4.69, 9.17) is 5.11 Å². The lowest BCUT2D eigenvalue weighted by Crippen LogP contribution is -2.01. The number of carbonyl (C=O) groups is 1. The third-order valence-electron chi connectivity index (χ3n) is 1.98. The van der Waals surface area contributed by atoms with Crippen LogP contribution in [0.5, 0.6) is 0 Å². The van der Waals surface area contributed by atoms with Crippen molar-refractivity contribution in [2.75, 3.05) is 0 Å². The van der Waals surface area contributed by atoms with Crippen LogP contribution < -0.4 is 0 Å². The van der Waals surface area contributed by atoms with Gasteiger partial charge in [0.25, 0.3) is 0 Å². The number of hydrogen-bond acceptors (Lipinski definition) is 4. The summed E-state index contributed by atoms with van der Waals surface area (Å²) >= 11 is 0. The number of H-pyrrole nitrogens is 1. The van der Waals surface area contributed by atoms with Gasteiger partial charge in [0.05, 0.1) is 0 Å². The van der Waals surface area contributed by atoms with Gasteiger partial charge in [-0.1, -0.05) is 6.07 Å². The van der Waals surface area contributed by atoms with E-state index >= 15 is 0 Å². The van der Waals surface area contributed by atoms with Crippen molar-refractivity contribution < 1.29 is 9.90 Å². The normalized spacial score (nSPS) is 10.2. The molecule has 2 aromatic heterocycles. The number of nitrogens with zero attached hydrogens (tertiary/aromatic N) is 3. The fourth-order valence-corrected chi connectivity index (χ4v) is 1.32. The Morgan fingerprint density at radius 2 is 2.38 bits per heavy atom. The number of rotatable bonds is 4. The first-order valence-corrected chi connectivity index (χ1v) is 4.75. The van der Waals surface area contributed by atoms with Crippen molar-refractivity contribution in [3.63, 3.8) is 0 Å². The van der Waals surface area contributed by atoms with Crippen molar-refractivity contribution in [2.45, 2.75) is 12.8 Å². The van der Waals surface area contributed by atoms with E-state index in [9.17, 15) is 4.79 Å². The summed E-state index contributed by atoms with van der Waals surface area (Å²) in [5, 5.41) is 15.1. The number of aromatic nitrogens is 4. The number of carboxylic acids is 1. The van der Waals surface area contributed by atoms with E-state index in [1.165, 1.54) is 0 Å². The zero-order chi connectivity index (χ0) is 11.4. The Morgan fingerprint density at radius 3 is 3.06 bits per heavy atom. The molecular formula is C10H10N4O2. The monoisotopic (exact) mass is 218 g/mol. The second kappa shape index (κ2) is 4.52. The smallest absolute Gasteiger partial charge is 0.311 e. The van der Waals surface area contributed by atoms with Crippen molar-refractivity contribution in [3.8, 4) is 0 Å². The number of carboxylic acid groups (broad SMARTS) is 1. The second-order valence-electron chi connectivity index (χ2n) is 3.31. The lowest BCUT2D eigenvalue weighted by atomic mass is 10.2. The predicted molar refractivity (Wildman–Crippen MR) is 54.8 cm³/mol. The van der Waals surface area contributed by atoms with Gasteiger partial charge >= 0.3 is 5.97 Å². The lowest BCUT2D eigenvalue weighted by Gasteiger charge is -1.94. The van der Waals surface area contributed by atoms with Crippen LogP contribution in [0.2, 0.25) is 0 Å². The third-order valence-corrected chi connectivity index (χ3v) is 1.98. The molecule has 6 heteroatoms. The van der Waals surface area contributed by atoms with E-state index in [1.807, 2.05) is 12.1 Å². The highest BCUT2D eigenvalue weighted by atomic mass is 16.4. The summed E-state index contributed by atoms with van der Waals surface area (Å²) < 4.78 is 0. The van der Waals surface area contributed by atoms with Crippen LogP contribution in [0.15, 0.2) is 24.5 Å². The number of hydrogen-bond donors (Lipinski definition) is 2. The Bertz CT molecular complexity index is 481. The molecule has 82 valence electrons. The van der Waals surface area contributed by atoms with Crippen LogP contribution in [0.25, 0.3) is 0 Å². The van der Waals surface area contributed by atoms with E-state index in [0.29, 0.717) is 18.1 Å². The summed E-state index contributed by atoms with van der Waals surface area (Å²) in [6.07, 6.45) is 3.84. The molecule has 0 aromatic carbocycles. The van der Waals surface area contributed by atoms with Crippen LogP contribution in [-0.4, -0.2) is 31.2 Å². The molecule has 0 saturated carbocycles. The Kier molecular flexibility index (Phi) is 2.90. The highest BCUT2D eigenvalue weighted by Gasteiger charge is 2.07. The Balaban J connectivity index is 2.06. The minimum absolute atomic E-state index is 0.163. The SMILES string of the molecule is O=C(O)Cc1n[nH]c(Cc2cccnc2)n1. The van der Waals surface area contributed by atoms with Gasteiger partial charge in [-0.3, -0.25) is 14.9 Å². The summed E-state index contributed by atoms with van der Waals surface area (Å²) in [6, 6.07) is 3.76. The van der Waals surface area contributed by atoms with Gasteiger partial charge in [-0.2, -0.15) is 5.10 Å². The molecule has 2 rings (SSSR count). The van der Waals surface area contributed by atoms with Crippen LogP contribution in [0.1, 0.15) is 17.2 Å². The zero-order valence-corrected chi connectivity index (χ0v) is 8.42. The first kappa shape index (κ1) is 10.3. The Labute approximate surface area is 91.4 Å². The summed E-state index contributed by atoms with van der Waals surface area (Å²) in [6.45, 7) is 0. The summed E-state index contributed by atoms with van der Waals surface area (Å²) in [4.78, 5) is 18.5. The molecule has 0 atom stereocenters. The first-order chi connectivity index (χ1) is 7.74. The van der Waals surface area contributed by atoms with E-state index in [-0.39, 0.29) is 6.42 Å². The average molecular weight is 218 g/mol. The summed E-state index contributed by atoms with van der Waals surface area (Å²) in [5.74, 6) is 0.00238. The van der Waals surface area contributed by atoms with Crippen molar-refractivity contribution in [3.05, 3.63) is 41.7 Å². The fourth-order valence-electron chi connectivity index (χ4n) is 1.32. The topological polar surface area (TPSA) is 91.8 Å². The zero-order valence-electron chi connectivity index (χ0n) is 8.42. The largest absolute Gasteiger partial charge is 0.481 e. The molecule has 16 heavy (non-hydrogen) atoms. The molecule has 6 nitrogen and oxygen atoms in total. The van der Waals surface area contributed by atoms with Crippen molar-refractivity contribution in [1.29, 1.82) is 0 Å². The molecule has 0 amide bonds. The van der Waals surface area contributed by atoms with Crippen molar-refractivity contribution >= 4 is 5.97 Å². The summed E-state index contributed by atoms with van der Waals surface area (Å²) in [5.41, 5.74) is 1.00. The first-order valence-electron chi connectivity index (χ1n) is 4.75. The maximum absolute atomic E-state index is 10.4. The molecule has 2 N–H and O–H groups in total. The van der Waals surface area contributed by atoms with Crippen LogP contribution in [0.4, 0.5) is 0 Å². The fraction of sp³-hybridized carbons (Fsp3) is 0.200. The van der Waals surface area contributed by atoms with Crippen LogP contribution >= 0.6 is 0 Å². The van der Waals surface area contributed by atoms with Gasteiger partial charge in [-0.25, -0.2) is 4.98 Å². The van der Waals surface area contributed by atoms with Gasteiger partial charge in [0.15, 0.2) is 5.82 Å². The van der Waals surface area contributed by atoms with Gasteiger partial charge in [-0.05, 0) is 11.6 Å². The van der Waals surface area contributed by atoms with Gasteiger partial charge in [0, 0.05) is 18.8 Å². The quantitative estimate of drug-likeness (QED) is 0.775. The van der Waals surface area contributed by atoms with Crippen LogP contribution in [0.3, 0.4) is 0 Å². The molecule has 0 aliphatic rings. The van der Waals surface area contributed by atoms with Gasteiger partial charge in [0.2, 0.25) is 0 Å². The minimum atomic E-state index is -0.938. The Hall–Kier alpha value is -2.24. The molecule has 0 fully saturated rings. The van der Waals surface area contributed by atoms with Gasteiger partial charge in [0.1, 0.15) is 12.2 Å². The standard InChI is InChI=1S/C10H10N4O2/c15-10(16)5-9-12-8(13-14-9)4-7-2-1-3-11-6-7/h1-3,6H,4-5H2,(H,15,16)(H,12,13,14). The highest BCUT2D eigenvalue weighted by molar-refractivity contribution is 5.68. The maximum atomic E-state index is 10.4. The molecule has 0 aliphatic carbocycles. The Morgan fingerprint density at radius 1 is 1.50 bits per heavy atom. The van der Waals surface area contributed by atoms with Crippen LogP contribution in [-0.2, 0) is 17.6 Å².